The van der Waals surface area contributed by atoms with Crippen LogP contribution in [-0.2, 0) is 21.9 Å². The SMILES string of the molecule is CS(=O)(=O)Nc1cccc(CC(c2ccc(C#N)cc2)(c2cccnc2)c2cccnc2F)n1. The van der Waals surface area contributed by atoms with E-state index < -0.39 is 21.4 Å². The van der Waals surface area contributed by atoms with E-state index in [0.29, 0.717) is 27.9 Å². The summed E-state index contributed by atoms with van der Waals surface area (Å²) in [5, 5.41) is 9.27. The summed E-state index contributed by atoms with van der Waals surface area (Å²) in [5.74, 6) is -0.493. The molecule has 4 rings (SSSR count). The standard InChI is InChI=1S/C25H20FN5O2S/c1-34(32,33)31-23-8-2-6-21(30-23)15-25(20-5-3-13-28-17-20,22-7-4-14-29-24(22)26)19-11-9-18(16-27)10-12-19/h2-14,17H,15H2,1H3,(H,30,31). The van der Waals surface area contributed by atoms with Crippen molar-refractivity contribution in [1.82, 2.24) is 15.0 Å². The molecule has 3 aromatic heterocycles. The zero-order valence-electron chi connectivity index (χ0n) is 18.2. The number of sulfonamides is 1. The van der Waals surface area contributed by atoms with Gasteiger partial charge in [0.15, 0.2) is 0 Å². The van der Waals surface area contributed by atoms with E-state index in [1.165, 1.54) is 6.20 Å². The van der Waals surface area contributed by atoms with Crippen molar-refractivity contribution in [3.05, 3.63) is 119 Å². The van der Waals surface area contributed by atoms with Gasteiger partial charge in [0.25, 0.3) is 0 Å². The van der Waals surface area contributed by atoms with Crippen molar-refractivity contribution in [2.24, 2.45) is 0 Å². The lowest BCUT2D eigenvalue weighted by molar-refractivity contribution is 0.508. The fourth-order valence-corrected chi connectivity index (χ4v) is 4.52. The highest BCUT2D eigenvalue weighted by Crippen LogP contribution is 2.42. The third-order valence-electron chi connectivity index (χ3n) is 5.42. The van der Waals surface area contributed by atoms with Gasteiger partial charge in [0.05, 0.1) is 23.3 Å². The summed E-state index contributed by atoms with van der Waals surface area (Å²) < 4.78 is 41.1. The number of anilines is 1. The van der Waals surface area contributed by atoms with Crippen LogP contribution in [0, 0.1) is 17.3 Å². The predicted octanol–water partition coefficient (Wildman–Crippen LogP) is 3.83. The third-order valence-corrected chi connectivity index (χ3v) is 6.00. The summed E-state index contributed by atoms with van der Waals surface area (Å²) in [5.41, 5.74) is 1.57. The molecule has 7 nitrogen and oxygen atoms in total. The van der Waals surface area contributed by atoms with Crippen molar-refractivity contribution in [3.8, 4) is 6.07 Å². The number of nitriles is 1. The van der Waals surface area contributed by atoms with Crippen molar-refractivity contribution in [2.75, 3.05) is 11.0 Å². The summed E-state index contributed by atoms with van der Waals surface area (Å²) in [4.78, 5) is 12.6. The van der Waals surface area contributed by atoms with Gasteiger partial charge in [-0.2, -0.15) is 9.65 Å². The van der Waals surface area contributed by atoms with Gasteiger partial charge in [-0.15, -0.1) is 0 Å². The molecular formula is C25H20FN5O2S. The van der Waals surface area contributed by atoms with E-state index in [-0.39, 0.29) is 12.2 Å². The molecule has 0 bridgehead atoms. The molecule has 0 saturated carbocycles. The topological polar surface area (TPSA) is 109 Å². The predicted molar refractivity (Wildman–Crippen MR) is 126 cm³/mol. The Morgan fingerprint density at radius 3 is 2.41 bits per heavy atom. The maximum Gasteiger partial charge on any atom is 0.230 e. The molecule has 1 aromatic carbocycles. The van der Waals surface area contributed by atoms with Crippen LogP contribution in [0.25, 0.3) is 0 Å². The van der Waals surface area contributed by atoms with E-state index >= 15 is 4.39 Å². The monoisotopic (exact) mass is 473 g/mol. The zero-order valence-corrected chi connectivity index (χ0v) is 19.0. The van der Waals surface area contributed by atoms with Crippen molar-refractivity contribution >= 4 is 15.8 Å². The molecule has 0 saturated heterocycles. The Balaban J connectivity index is 1.98. The second kappa shape index (κ2) is 9.37. The molecule has 0 amide bonds. The van der Waals surface area contributed by atoms with E-state index in [4.69, 9.17) is 0 Å². The molecule has 3 heterocycles. The van der Waals surface area contributed by atoms with Crippen LogP contribution < -0.4 is 4.72 Å². The summed E-state index contributed by atoms with van der Waals surface area (Å²) in [6.07, 6.45) is 5.88. The summed E-state index contributed by atoms with van der Waals surface area (Å²) in [6.45, 7) is 0. The zero-order chi connectivity index (χ0) is 24.2. The average Bonchev–Trinajstić information content (AvgIpc) is 2.83. The smallest absolute Gasteiger partial charge is 0.230 e. The first-order chi connectivity index (χ1) is 16.3. The number of pyridine rings is 3. The normalized spacial score (nSPS) is 13.0. The molecule has 1 N–H and O–H groups in total. The fraction of sp³-hybridized carbons (Fsp3) is 0.120. The molecular weight excluding hydrogens is 453 g/mol. The highest BCUT2D eigenvalue weighted by Gasteiger charge is 2.40. The van der Waals surface area contributed by atoms with E-state index in [2.05, 4.69) is 25.7 Å². The van der Waals surface area contributed by atoms with Crippen LogP contribution in [0.1, 0.15) is 27.9 Å². The Kier molecular flexibility index (Phi) is 6.34. The Bertz CT molecular complexity index is 1450. The minimum absolute atomic E-state index is 0.159. The highest BCUT2D eigenvalue weighted by atomic mass is 32.2. The lowest BCUT2D eigenvalue weighted by Gasteiger charge is -2.35. The quantitative estimate of drug-likeness (QED) is 0.409. The van der Waals surface area contributed by atoms with Gasteiger partial charge in [0, 0.05) is 36.3 Å². The van der Waals surface area contributed by atoms with E-state index in [1.54, 1.807) is 73.1 Å². The molecule has 34 heavy (non-hydrogen) atoms. The molecule has 1 atom stereocenters. The van der Waals surface area contributed by atoms with Gasteiger partial charge in [-0.25, -0.2) is 18.4 Å². The lowest BCUT2D eigenvalue weighted by atomic mass is 9.67. The number of aromatic nitrogens is 3. The molecule has 0 radical (unpaired) electrons. The molecule has 1 unspecified atom stereocenters. The number of benzene rings is 1. The van der Waals surface area contributed by atoms with Crippen molar-refractivity contribution < 1.29 is 12.8 Å². The van der Waals surface area contributed by atoms with Crippen LogP contribution >= 0.6 is 0 Å². The number of nitrogens with one attached hydrogen (secondary N) is 1. The Labute approximate surface area is 197 Å². The minimum atomic E-state index is -3.53. The number of halogens is 1. The van der Waals surface area contributed by atoms with Gasteiger partial charge in [-0.3, -0.25) is 9.71 Å². The summed E-state index contributed by atoms with van der Waals surface area (Å²) in [7, 11) is -3.53. The van der Waals surface area contributed by atoms with Gasteiger partial charge in [-0.05, 0) is 47.5 Å². The van der Waals surface area contributed by atoms with Gasteiger partial charge in [-0.1, -0.05) is 30.3 Å². The van der Waals surface area contributed by atoms with Crippen molar-refractivity contribution in [2.45, 2.75) is 11.8 Å². The van der Waals surface area contributed by atoms with Crippen molar-refractivity contribution in [1.29, 1.82) is 5.26 Å². The van der Waals surface area contributed by atoms with Crippen molar-refractivity contribution in [3.63, 3.8) is 0 Å². The summed E-state index contributed by atoms with van der Waals surface area (Å²) in [6, 6.07) is 20.9. The molecule has 0 aliphatic carbocycles. The van der Waals surface area contributed by atoms with E-state index in [1.807, 2.05) is 6.07 Å². The van der Waals surface area contributed by atoms with Gasteiger partial charge in [0.2, 0.25) is 16.0 Å². The first-order valence-corrected chi connectivity index (χ1v) is 12.2. The van der Waals surface area contributed by atoms with E-state index in [0.717, 1.165) is 6.26 Å². The largest absolute Gasteiger partial charge is 0.268 e. The Morgan fingerprint density at radius 1 is 1.00 bits per heavy atom. The molecule has 0 aliphatic heterocycles. The second-order valence-corrected chi connectivity index (χ2v) is 9.49. The maximum atomic E-state index is 15.3. The molecule has 170 valence electrons. The maximum absolute atomic E-state index is 15.3. The lowest BCUT2D eigenvalue weighted by Crippen LogP contribution is -2.34. The average molecular weight is 474 g/mol. The van der Waals surface area contributed by atoms with E-state index in [9.17, 15) is 13.7 Å². The van der Waals surface area contributed by atoms with Crippen LogP contribution in [0.3, 0.4) is 0 Å². The van der Waals surface area contributed by atoms with Gasteiger partial charge >= 0.3 is 0 Å². The molecule has 0 fully saturated rings. The highest BCUT2D eigenvalue weighted by molar-refractivity contribution is 7.92. The third kappa shape index (κ3) is 4.77. The van der Waals surface area contributed by atoms with Crippen LogP contribution in [0.4, 0.5) is 10.2 Å². The Hall–Kier alpha value is -4.16. The number of hydrogen-bond acceptors (Lipinski definition) is 6. The van der Waals surface area contributed by atoms with Crippen LogP contribution in [0.5, 0.6) is 0 Å². The van der Waals surface area contributed by atoms with Crippen LogP contribution in [-0.4, -0.2) is 29.6 Å². The number of nitrogens with zero attached hydrogens (tertiary/aromatic N) is 4. The fourth-order valence-electron chi connectivity index (χ4n) is 4.02. The minimum Gasteiger partial charge on any atom is -0.268 e. The van der Waals surface area contributed by atoms with Crippen LogP contribution in [0.15, 0.2) is 85.3 Å². The first-order valence-electron chi connectivity index (χ1n) is 10.3. The van der Waals surface area contributed by atoms with Crippen LogP contribution in [0.2, 0.25) is 0 Å². The first kappa shape index (κ1) is 23.0. The Morgan fingerprint density at radius 2 is 1.76 bits per heavy atom. The molecule has 4 aromatic rings. The second-order valence-electron chi connectivity index (χ2n) is 7.74. The molecule has 0 spiro atoms. The van der Waals surface area contributed by atoms with Gasteiger partial charge < -0.3 is 0 Å². The van der Waals surface area contributed by atoms with Gasteiger partial charge in [0.1, 0.15) is 5.82 Å². The number of rotatable bonds is 7. The molecule has 9 heteroatoms. The summed E-state index contributed by atoms with van der Waals surface area (Å²) >= 11 is 0. The molecule has 0 aliphatic rings. The number of hydrogen-bond donors (Lipinski definition) is 1.